The molecule has 0 spiro atoms. The zero-order chi connectivity index (χ0) is 18.5. The van der Waals surface area contributed by atoms with Gasteiger partial charge in [-0.3, -0.25) is 9.69 Å². The SMILES string of the molecule is O=C(CSc1cccs1)N1CCN(Cc2csc(-c3ccccc3)n2)CC1. The first-order chi connectivity index (χ1) is 13.3. The molecule has 1 aromatic carbocycles. The van der Waals surface area contributed by atoms with Crippen LogP contribution in [0.1, 0.15) is 5.69 Å². The summed E-state index contributed by atoms with van der Waals surface area (Å²) in [6, 6.07) is 14.4. The number of thiazole rings is 1. The van der Waals surface area contributed by atoms with Crippen LogP contribution in [-0.2, 0) is 11.3 Å². The van der Waals surface area contributed by atoms with E-state index in [2.05, 4.69) is 28.5 Å². The van der Waals surface area contributed by atoms with Crippen molar-refractivity contribution in [3.63, 3.8) is 0 Å². The van der Waals surface area contributed by atoms with Crippen LogP contribution in [0.15, 0.2) is 57.4 Å². The Morgan fingerprint density at radius 2 is 1.85 bits per heavy atom. The number of piperazine rings is 1. The molecule has 2 aromatic heterocycles. The quantitative estimate of drug-likeness (QED) is 0.562. The third-order valence-corrected chi connectivity index (χ3v) is 7.57. The highest BCUT2D eigenvalue weighted by atomic mass is 32.2. The number of rotatable bonds is 6. The summed E-state index contributed by atoms with van der Waals surface area (Å²) in [6.45, 7) is 4.29. The number of hydrogen-bond acceptors (Lipinski definition) is 6. The van der Waals surface area contributed by atoms with Gasteiger partial charge in [-0.1, -0.05) is 36.4 Å². The van der Waals surface area contributed by atoms with Gasteiger partial charge in [0.05, 0.1) is 15.7 Å². The lowest BCUT2D eigenvalue weighted by molar-refractivity contribution is -0.130. The van der Waals surface area contributed by atoms with Crippen LogP contribution >= 0.6 is 34.4 Å². The van der Waals surface area contributed by atoms with Crippen molar-refractivity contribution in [3.8, 4) is 10.6 Å². The fraction of sp³-hybridized carbons (Fsp3) is 0.300. The molecule has 3 aromatic rings. The van der Waals surface area contributed by atoms with E-state index in [1.165, 1.54) is 9.77 Å². The van der Waals surface area contributed by atoms with Crippen molar-refractivity contribution >= 4 is 40.3 Å². The summed E-state index contributed by atoms with van der Waals surface area (Å²) in [5.74, 6) is 0.778. The third kappa shape index (κ3) is 4.99. The van der Waals surface area contributed by atoms with Crippen LogP contribution in [0.3, 0.4) is 0 Å². The van der Waals surface area contributed by atoms with Crippen LogP contribution in [0, 0.1) is 0 Å². The van der Waals surface area contributed by atoms with Crippen LogP contribution in [0.2, 0.25) is 0 Å². The first-order valence-electron chi connectivity index (χ1n) is 8.94. The summed E-state index contributed by atoms with van der Waals surface area (Å²) in [7, 11) is 0. The van der Waals surface area contributed by atoms with Crippen molar-refractivity contribution in [1.82, 2.24) is 14.8 Å². The van der Waals surface area contributed by atoms with Crippen molar-refractivity contribution in [2.75, 3.05) is 31.9 Å². The maximum Gasteiger partial charge on any atom is 0.233 e. The lowest BCUT2D eigenvalue weighted by atomic mass is 10.2. The van der Waals surface area contributed by atoms with Crippen LogP contribution in [-0.4, -0.2) is 52.6 Å². The summed E-state index contributed by atoms with van der Waals surface area (Å²) >= 11 is 5.03. The predicted octanol–water partition coefficient (Wildman–Crippen LogP) is 4.31. The molecule has 0 atom stereocenters. The minimum Gasteiger partial charge on any atom is -0.339 e. The van der Waals surface area contributed by atoms with Crippen molar-refractivity contribution in [1.29, 1.82) is 0 Å². The molecule has 4 rings (SSSR count). The van der Waals surface area contributed by atoms with E-state index in [1.807, 2.05) is 34.5 Å². The molecule has 3 heterocycles. The highest BCUT2D eigenvalue weighted by Gasteiger charge is 2.21. The predicted molar refractivity (Wildman–Crippen MR) is 114 cm³/mol. The van der Waals surface area contributed by atoms with Gasteiger partial charge in [0.15, 0.2) is 0 Å². The van der Waals surface area contributed by atoms with E-state index in [-0.39, 0.29) is 5.91 Å². The monoisotopic (exact) mass is 415 g/mol. The van der Waals surface area contributed by atoms with Crippen molar-refractivity contribution in [2.24, 2.45) is 0 Å². The molecule has 1 fully saturated rings. The molecule has 1 saturated heterocycles. The van der Waals surface area contributed by atoms with Gasteiger partial charge in [-0.15, -0.1) is 34.4 Å². The molecule has 27 heavy (non-hydrogen) atoms. The Bertz CT molecular complexity index is 856. The summed E-state index contributed by atoms with van der Waals surface area (Å²) < 4.78 is 1.21. The Morgan fingerprint density at radius 1 is 1.04 bits per heavy atom. The normalized spacial score (nSPS) is 15.2. The molecule has 1 aliphatic rings. The molecule has 1 amide bonds. The molecule has 0 unspecified atom stereocenters. The number of thioether (sulfide) groups is 1. The van der Waals surface area contributed by atoms with E-state index >= 15 is 0 Å². The molecular formula is C20H21N3OS3. The van der Waals surface area contributed by atoms with E-state index in [0.29, 0.717) is 5.75 Å². The second-order valence-corrected chi connectivity index (χ2v) is 9.47. The molecule has 0 aliphatic carbocycles. The van der Waals surface area contributed by atoms with Crippen molar-refractivity contribution in [2.45, 2.75) is 10.8 Å². The maximum atomic E-state index is 12.4. The molecular weight excluding hydrogens is 394 g/mol. The summed E-state index contributed by atoms with van der Waals surface area (Å²) in [6.07, 6.45) is 0. The average molecular weight is 416 g/mol. The van der Waals surface area contributed by atoms with E-state index in [1.54, 1.807) is 34.4 Å². The molecule has 0 radical (unpaired) electrons. The first kappa shape index (κ1) is 18.7. The molecule has 1 aliphatic heterocycles. The molecule has 0 bridgehead atoms. The zero-order valence-corrected chi connectivity index (χ0v) is 17.4. The third-order valence-electron chi connectivity index (χ3n) is 4.52. The number of carbonyl (C=O) groups is 1. The van der Waals surface area contributed by atoms with Crippen LogP contribution < -0.4 is 0 Å². The fourth-order valence-corrected chi connectivity index (χ4v) is 5.55. The highest BCUT2D eigenvalue weighted by Crippen LogP contribution is 2.25. The van der Waals surface area contributed by atoms with Gasteiger partial charge in [0.1, 0.15) is 5.01 Å². The van der Waals surface area contributed by atoms with Crippen LogP contribution in [0.25, 0.3) is 10.6 Å². The van der Waals surface area contributed by atoms with Crippen LogP contribution in [0.4, 0.5) is 0 Å². The summed E-state index contributed by atoms with van der Waals surface area (Å²) in [5, 5.41) is 5.27. The maximum absolute atomic E-state index is 12.4. The lowest BCUT2D eigenvalue weighted by Gasteiger charge is -2.34. The van der Waals surface area contributed by atoms with E-state index in [9.17, 15) is 4.79 Å². The minimum absolute atomic E-state index is 0.244. The van der Waals surface area contributed by atoms with Gasteiger partial charge in [0.25, 0.3) is 0 Å². The molecule has 0 saturated carbocycles. The number of thiophene rings is 1. The number of amides is 1. The molecule has 0 N–H and O–H groups in total. The molecule has 4 nitrogen and oxygen atoms in total. The minimum atomic E-state index is 0.244. The number of benzene rings is 1. The van der Waals surface area contributed by atoms with Crippen molar-refractivity contribution < 1.29 is 4.79 Å². The number of carbonyl (C=O) groups excluding carboxylic acids is 1. The summed E-state index contributed by atoms with van der Waals surface area (Å²) in [4.78, 5) is 21.6. The Labute approximate surface area is 171 Å². The second-order valence-electron chi connectivity index (χ2n) is 6.39. The van der Waals surface area contributed by atoms with Crippen molar-refractivity contribution in [3.05, 3.63) is 58.9 Å². The Morgan fingerprint density at radius 3 is 2.59 bits per heavy atom. The van der Waals surface area contributed by atoms with Gasteiger partial charge in [-0.05, 0) is 11.4 Å². The van der Waals surface area contributed by atoms with Gasteiger partial charge in [-0.25, -0.2) is 4.98 Å². The van der Waals surface area contributed by atoms with Gasteiger partial charge in [0, 0.05) is 43.7 Å². The molecule has 7 heteroatoms. The Balaban J connectivity index is 1.25. The number of aromatic nitrogens is 1. The Kier molecular flexibility index (Phi) is 6.24. The average Bonchev–Trinajstić information content (AvgIpc) is 3.39. The van der Waals surface area contributed by atoms with E-state index < -0.39 is 0 Å². The number of hydrogen-bond donors (Lipinski definition) is 0. The van der Waals surface area contributed by atoms with E-state index in [4.69, 9.17) is 4.98 Å². The van der Waals surface area contributed by atoms with Crippen LogP contribution in [0.5, 0.6) is 0 Å². The summed E-state index contributed by atoms with van der Waals surface area (Å²) in [5.41, 5.74) is 2.29. The van der Waals surface area contributed by atoms with Gasteiger partial charge in [-0.2, -0.15) is 0 Å². The topological polar surface area (TPSA) is 36.4 Å². The largest absolute Gasteiger partial charge is 0.339 e. The second kappa shape index (κ2) is 9.01. The Hall–Kier alpha value is -1.67. The highest BCUT2D eigenvalue weighted by molar-refractivity contribution is 8.01. The first-order valence-corrected chi connectivity index (χ1v) is 11.7. The smallest absolute Gasteiger partial charge is 0.233 e. The van der Waals surface area contributed by atoms with Gasteiger partial charge < -0.3 is 4.90 Å². The molecule has 140 valence electrons. The number of nitrogens with zero attached hydrogens (tertiary/aromatic N) is 3. The fourth-order valence-electron chi connectivity index (χ4n) is 3.05. The lowest BCUT2D eigenvalue weighted by Crippen LogP contribution is -2.48. The standard InChI is InChI=1S/C20H21N3OS3/c24-18(15-26-19-7-4-12-25-19)23-10-8-22(9-11-23)13-17-14-27-20(21-17)16-5-2-1-3-6-16/h1-7,12,14H,8-11,13,15H2. The van der Waals surface area contributed by atoms with E-state index in [0.717, 1.165) is 43.4 Å². The van der Waals surface area contributed by atoms with Gasteiger partial charge >= 0.3 is 0 Å². The zero-order valence-electron chi connectivity index (χ0n) is 14.9. The van der Waals surface area contributed by atoms with Gasteiger partial charge in [0.2, 0.25) is 5.91 Å².